The summed E-state index contributed by atoms with van der Waals surface area (Å²) in [7, 11) is 0. The van der Waals surface area contributed by atoms with Gasteiger partial charge in [-0.25, -0.2) is 0 Å². The van der Waals surface area contributed by atoms with Gasteiger partial charge in [0.1, 0.15) is 0 Å². The van der Waals surface area contributed by atoms with Crippen LogP contribution in [0.15, 0.2) is 0 Å². The molecule has 2 rings (SSSR count). The molecule has 3 N–H and O–H groups in total. The van der Waals surface area contributed by atoms with E-state index in [2.05, 4.69) is 0 Å². The van der Waals surface area contributed by atoms with E-state index in [9.17, 15) is 9.90 Å². The molecule has 0 radical (unpaired) electrons. The maximum Gasteiger partial charge on any atom is 0.225 e. The Hall–Kier alpha value is -0.610. The van der Waals surface area contributed by atoms with Crippen LogP contribution in [0.2, 0.25) is 0 Å². The number of carbonyl (C=O) groups is 1. The zero-order valence-electron chi connectivity index (χ0n) is 11.3. The predicted molar refractivity (Wildman–Crippen MR) is 70.9 cm³/mol. The minimum absolute atomic E-state index is 0.209. The van der Waals surface area contributed by atoms with Crippen LogP contribution in [0.4, 0.5) is 0 Å². The van der Waals surface area contributed by atoms with Gasteiger partial charge in [0.15, 0.2) is 0 Å². The fourth-order valence-electron chi connectivity index (χ4n) is 3.28. The van der Waals surface area contributed by atoms with Gasteiger partial charge in [-0.1, -0.05) is 0 Å². The Bertz CT molecular complexity index is 286. The number of amides is 1. The molecule has 1 saturated carbocycles. The van der Waals surface area contributed by atoms with Crippen LogP contribution >= 0.6 is 0 Å². The minimum atomic E-state index is -0.296. The number of hydrogen-bond donors (Lipinski definition) is 2. The van der Waals surface area contributed by atoms with Crippen molar-refractivity contribution in [2.45, 2.75) is 45.1 Å². The smallest absolute Gasteiger partial charge is 0.225 e. The standard InChI is InChI=1S/C14H26N2O2/c1-10(17)13-6-7-16(9-13)14(18)12-4-2-11(8-15)3-5-12/h10-13,17H,2-9,15H2,1H3. The second-order valence-electron chi connectivity index (χ2n) is 6.03. The number of carbonyl (C=O) groups excluding carboxylic acids is 1. The molecule has 104 valence electrons. The maximum atomic E-state index is 12.4. The van der Waals surface area contributed by atoms with Crippen molar-refractivity contribution in [2.75, 3.05) is 19.6 Å². The highest BCUT2D eigenvalue weighted by Gasteiger charge is 2.34. The van der Waals surface area contributed by atoms with E-state index in [4.69, 9.17) is 5.73 Å². The highest BCUT2D eigenvalue weighted by atomic mass is 16.3. The van der Waals surface area contributed by atoms with E-state index >= 15 is 0 Å². The van der Waals surface area contributed by atoms with Crippen LogP contribution in [0.3, 0.4) is 0 Å². The molecule has 1 heterocycles. The summed E-state index contributed by atoms with van der Waals surface area (Å²) in [5.74, 6) is 1.42. The molecule has 0 bridgehead atoms. The third-order valence-corrected chi connectivity index (χ3v) is 4.75. The van der Waals surface area contributed by atoms with Crippen molar-refractivity contribution in [1.29, 1.82) is 0 Å². The zero-order valence-corrected chi connectivity index (χ0v) is 11.3. The fraction of sp³-hybridized carbons (Fsp3) is 0.929. The lowest BCUT2D eigenvalue weighted by atomic mass is 9.81. The summed E-state index contributed by atoms with van der Waals surface area (Å²) in [6.07, 6.45) is 4.84. The number of rotatable bonds is 3. The minimum Gasteiger partial charge on any atom is -0.393 e. The molecule has 2 unspecified atom stereocenters. The van der Waals surface area contributed by atoms with Crippen LogP contribution in [-0.4, -0.2) is 41.7 Å². The summed E-state index contributed by atoms with van der Waals surface area (Å²) in [5, 5.41) is 9.58. The molecule has 2 fully saturated rings. The lowest BCUT2D eigenvalue weighted by Gasteiger charge is -2.30. The van der Waals surface area contributed by atoms with E-state index in [1.807, 2.05) is 11.8 Å². The molecule has 1 aliphatic heterocycles. The van der Waals surface area contributed by atoms with Crippen molar-refractivity contribution in [3.63, 3.8) is 0 Å². The molecule has 0 aromatic heterocycles. The van der Waals surface area contributed by atoms with E-state index < -0.39 is 0 Å². The molecule has 0 spiro atoms. The highest BCUT2D eigenvalue weighted by molar-refractivity contribution is 5.79. The molecule has 0 aromatic carbocycles. The topological polar surface area (TPSA) is 66.6 Å². The Kier molecular flexibility index (Phi) is 4.62. The number of aliphatic hydroxyl groups is 1. The van der Waals surface area contributed by atoms with Crippen molar-refractivity contribution < 1.29 is 9.90 Å². The molecule has 1 amide bonds. The average molecular weight is 254 g/mol. The summed E-state index contributed by atoms with van der Waals surface area (Å²) in [5.41, 5.74) is 5.68. The van der Waals surface area contributed by atoms with Crippen LogP contribution in [-0.2, 0) is 4.79 Å². The first kappa shape index (κ1) is 13.8. The summed E-state index contributed by atoms with van der Waals surface area (Å²) in [6.45, 7) is 4.15. The van der Waals surface area contributed by atoms with E-state index in [-0.39, 0.29) is 17.9 Å². The molecule has 18 heavy (non-hydrogen) atoms. The average Bonchev–Trinajstić information content (AvgIpc) is 2.88. The van der Waals surface area contributed by atoms with Gasteiger partial charge in [0.05, 0.1) is 6.10 Å². The van der Waals surface area contributed by atoms with Gasteiger partial charge in [0.2, 0.25) is 5.91 Å². The lowest BCUT2D eigenvalue weighted by molar-refractivity contribution is -0.136. The molecule has 1 aliphatic carbocycles. The Morgan fingerprint density at radius 3 is 2.50 bits per heavy atom. The van der Waals surface area contributed by atoms with E-state index in [1.54, 1.807) is 0 Å². The first-order chi connectivity index (χ1) is 8.61. The highest BCUT2D eigenvalue weighted by Crippen LogP contribution is 2.31. The Morgan fingerprint density at radius 1 is 1.33 bits per heavy atom. The fourth-order valence-corrected chi connectivity index (χ4v) is 3.28. The summed E-state index contributed by atoms with van der Waals surface area (Å²) >= 11 is 0. The zero-order chi connectivity index (χ0) is 13.1. The summed E-state index contributed by atoms with van der Waals surface area (Å²) in [4.78, 5) is 14.3. The van der Waals surface area contributed by atoms with Crippen LogP contribution in [0, 0.1) is 17.8 Å². The van der Waals surface area contributed by atoms with Crippen molar-refractivity contribution in [2.24, 2.45) is 23.5 Å². The molecule has 1 saturated heterocycles. The monoisotopic (exact) mass is 254 g/mol. The SMILES string of the molecule is CC(O)C1CCN(C(=O)C2CCC(CN)CC2)C1. The first-order valence-corrected chi connectivity index (χ1v) is 7.28. The molecule has 4 nitrogen and oxygen atoms in total. The third kappa shape index (κ3) is 3.04. The molecular weight excluding hydrogens is 228 g/mol. The Labute approximate surface area is 110 Å². The van der Waals surface area contributed by atoms with Gasteiger partial charge in [-0.05, 0) is 51.5 Å². The lowest BCUT2D eigenvalue weighted by Crippen LogP contribution is -2.37. The largest absolute Gasteiger partial charge is 0.393 e. The van der Waals surface area contributed by atoms with Gasteiger partial charge in [0.25, 0.3) is 0 Å². The number of likely N-dealkylation sites (tertiary alicyclic amines) is 1. The van der Waals surface area contributed by atoms with Gasteiger partial charge < -0.3 is 15.7 Å². The molecular formula is C14H26N2O2. The van der Waals surface area contributed by atoms with Crippen molar-refractivity contribution in [1.82, 2.24) is 4.90 Å². The first-order valence-electron chi connectivity index (χ1n) is 7.28. The van der Waals surface area contributed by atoms with Crippen LogP contribution < -0.4 is 5.73 Å². The second-order valence-corrected chi connectivity index (χ2v) is 6.03. The van der Waals surface area contributed by atoms with Gasteiger partial charge in [-0.15, -0.1) is 0 Å². The van der Waals surface area contributed by atoms with Crippen molar-refractivity contribution in [3.8, 4) is 0 Å². The van der Waals surface area contributed by atoms with E-state index in [1.165, 1.54) is 0 Å². The van der Waals surface area contributed by atoms with Crippen LogP contribution in [0.5, 0.6) is 0 Å². The summed E-state index contributed by atoms with van der Waals surface area (Å²) in [6, 6.07) is 0. The summed E-state index contributed by atoms with van der Waals surface area (Å²) < 4.78 is 0. The van der Waals surface area contributed by atoms with Crippen LogP contribution in [0.25, 0.3) is 0 Å². The number of nitrogens with two attached hydrogens (primary N) is 1. The number of aliphatic hydroxyl groups excluding tert-OH is 1. The third-order valence-electron chi connectivity index (χ3n) is 4.75. The van der Waals surface area contributed by atoms with Gasteiger partial charge >= 0.3 is 0 Å². The van der Waals surface area contributed by atoms with Gasteiger partial charge in [-0.3, -0.25) is 4.79 Å². The number of hydrogen-bond acceptors (Lipinski definition) is 3. The van der Waals surface area contributed by atoms with Crippen molar-refractivity contribution in [3.05, 3.63) is 0 Å². The van der Waals surface area contributed by atoms with Gasteiger partial charge in [-0.2, -0.15) is 0 Å². The number of nitrogens with zero attached hydrogens (tertiary/aromatic N) is 1. The van der Waals surface area contributed by atoms with E-state index in [0.29, 0.717) is 11.8 Å². The van der Waals surface area contributed by atoms with E-state index in [0.717, 1.165) is 51.7 Å². The normalized spacial score (nSPS) is 34.6. The molecule has 2 atom stereocenters. The molecule has 0 aromatic rings. The second kappa shape index (κ2) is 6.02. The Morgan fingerprint density at radius 2 is 2.00 bits per heavy atom. The quantitative estimate of drug-likeness (QED) is 0.789. The van der Waals surface area contributed by atoms with Crippen LogP contribution in [0.1, 0.15) is 39.0 Å². The van der Waals surface area contributed by atoms with Crippen molar-refractivity contribution >= 4 is 5.91 Å². The Balaban J connectivity index is 1.82. The molecule has 4 heteroatoms. The molecule has 2 aliphatic rings. The van der Waals surface area contributed by atoms with Gasteiger partial charge in [0, 0.05) is 24.9 Å². The maximum absolute atomic E-state index is 12.4. The predicted octanol–water partition coefficient (Wildman–Crippen LogP) is 0.981.